The van der Waals surface area contributed by atoms with Crippen molar-refractivity contribution in [3.05, 3.63) is 83.4 Å². The molecule has 0 radical (unpaired) electrons. The highest BCUT2D eigenvalue weighted by molar-refractivity contribution is 5.87. The van der Waals surface area contributed by atoms with E-state index < -0.39 is 17.7 Å². The fourth-order valence-electron chi connectivity index (χ4n) is 2.66. The number of nitrogens with two attached hydrogens (primary N) is 1. The number of hydrogen-bond donors (Lipinski definition) is 2. The Morgan fingerprint density at radius 3 is 2.29 bits per heavy atom. The number of halogens is 2. The number of benzene rings is 3. The van der Waals surface area contributed by atoms with Crippen molar-refractivity contribution in [1.82, 2.24) is 0 Å². The molecule has 0 atom stereocenters. The molecule has 3 N–H and O–H groups in total. The van der Waals surface area contributed by atoms with Crippen molar-refractivity contribution in [2.75, 3.05) is 12.4 Å². The molecular formula is C21H18F2N2O3. The zero-order chi connectivity index (χ0) is 20.1. The van der Waals surface area contributed by atoms with Crippen molar-refractivity contribution in [2.24, 2.45) is 5.73 Å². The molecule has 7 heteroatoms. The fourth-order valence-corrected chi connectivity index (χ4v) is 2.66. The van der Waals surface area contributed by atoms with Gasteiger partial charge < -0.3 is 20.5 Å². The van der Waals surface area contributed by atoms with Crippen LogP contribution in [-0.4, -0.2) is 13.1 Å². The van der Waals surface area contributed by atoms with Crippen molar-refractivity contribution in [1.29, 1.82) is 0 Å². The summed E-state index contributed by atoms with van der Waals surface area (Å²) in [5.41, 5.74) is 6.85. The lowest BCUT2D eigenvalue weighted by Crippen LogP contribution is -2.19. The van der Waals surface area contributed by atoms with Crippen LogP contribution in [0.2, 0.25) is 0 Å². The Balaban J connectivity index is 1.85. The van der Waals surface area contributed by atoms with Crippen molar-refractivity contribution in [2.45, 2.75) is 6.42 Å². The number of primary amides is 1. The number of urea groups is 1. The quantitative estimate of drug-likeness (QED) is 0.638. The van der Waals surface area contributed by atoms with E-state index in [1.54, 1.807) is 36.4 Å². The molecule has 3 aromatic carbocycles. The molecule has 0 saturated heterocycles. The molecule has 3 rings (SSSR count). The first-order valence-corrected chi connectivity index (χ1v) is 8.40. The van der Waals surface area contributed by atoms with E-state index in [0.29, 0.717) is 17.7 Å². The van der Waals surface area contributed by atoms with Gasteiger partial charge in [-0.1, -0.05) is 18.2 Å². The maximum atomic E-state index is 15.1. The van der Waals surface area contributed by atoms with E-state index in [9.17, 15) is 9.18 Å². The van der Waals surface area contributed by atoms with E-state index in [4.69, 9.17) is 15.2 Å². The highest BCUT2D eigenvalue weighted by atomic mass is 19.1. The van der Waals surface area contributed by atoms with Gasteiger partial charge in [0.2, 0.25) is 5.75 Å². The van der Waals surface area contributed by atoms with Crippen molar-refractivity contribution in [3.8, 4) is 17.2 Å². The first-order valence-electron chi connectivity index (χ1n) is 8.40. The number of hydrogen-bond acceptors (Lipinski definition) is 3. The highest BCUT2D eigenvalue weighted by Crippen LogP contribution is 2.36. The van der Waals surface area contributed by atoms with Gasteiger partial charge in [0.15, 0.2) is 11.6 Å². The first-order chi connectivity index (χ1) is 13.5. The zero-order valence-corrected chi connectivity index (χ0v) is 15.0. The Bertz CT molecular complexity index is 974. The van der Waals surface area contributed by atoms with Gasteiger partial charge in [-0.25, -0.2) is 13.6 Å². The van der Waals surface area contributed by atoms with Crippen molar-refractivity contribution >= 4 is 11.7 Å². The van der Waals surface area contributed by atoms with Gasteiger partial charge in [0.05, 0.1) is 7.11 Å². The zero-order valence-electron chi connectivity index (χ0n) is 15.0. The molecule has 0 aliphatic heterocycles. The van der Waals surface area contributed by atoms with Crippen LogP contribution in [0, 0.1) is 11.6 Å². The second-order valence-electron chi connectivity index (χ2n) is 5.99. The predicted molar refractivity (Wildman–Crippen MR) is 102 cm³/mol. The van der Waals surface area contributed by atoms with Crippen LogP contribution < -0.4 is 20.5 Å². The van der Waals surface area contributed by atoms with E-state index >= 15 is 4.39 Å². The predicted octanol–water partition coefficient (Wildman–Crippen LogP) is 4.85. The van der Waals surface area contributed by atoms with Crippen LogP contribution in [0.4, 0.5) is 19.3 Å². The lowest BCUT2D eigenvalue weighted by atomic mass is 10.0. The largest absolute Gasteiger partial charge is 0.493 e. The van der Waals surface area contributed by atoms with E-state index in [2.05, 4.69) is 5.32 Å². The molecule has 0 spiro atoms. The average molecular weight is 384 g/mol. The second kappa shape index (κ2) is 8.39. The summed E-state index contributed by atoms with van der Waals surface area (Å²) in [5, 5.41) is 2.46. The maximum Gasteiger partial charge on any atom is 0.316 e. The summed E-state index contributed by atoms with van der Waals surface area (Å²) < 4.78 is 38.9. The Morgan fingerprint density at radius 2 is 1.68 bits per heavy atom. The van der Waals surface area contributed by atoms with Crippen LogP contribution >= 0.6 is 0 Å². The van der Waals surface area contributed by atoms with Gasteiger partial charge >= 0.3 is 6.03 Å². The first kappa shape index (κ1) is 19.2. The Hall–Kier alpha value is -3.61. The molecular weight excluding hydrogens is 366 g/mol. The number of ether oxygens (including phenoxy) is 2. The minimum atomic E-state index is -0.656. The molecule has 0 saturated carbocycles. The van der Waals surface area contributed by atoms with Crippen LogP contribution in [0.1, 0.15) is 11.1 Å². The fraction of sp³-hybridized carbons (Fsp3) is 0.0952. The highest BCUT2D eigenvalue weighted by Gasteiger charge is 2.17. The van der Waals surface area contributed by atoms with Gasteiger partial charge in [-0.3, -0.25) is 0 Å². The minimum absolute atomic E-state index is 0.0707. The Labute approximate surface area is 160 Å². The minimum Gasteiger partial charge on any atom is -0.493 e. The Morgan fingerprint density at radius 1 is 1.00 bits per heavy atom. The van der Waals surface area contributed by atoms with E-state index in [-0.39, 0.29) is 17.2 Å². The number of amides is 2. The number of anilines is 1. The van der Waals surface area contributed by atoms with Gasteiger partial charge in [0.25, 0.3) is 0 Å². The third kappa shape index (κ3) is 4.56. The molecule has 0 heterocycles. The summed E-state index contributed by atoms with van der Waals surface area (Å²) in [6.07, 6.45) is 0.298. The van der Waals surface area contributed by atoms with Crippen LogP contribution in [0.25, 0.3) is 0 Å². The molecule has 2 amide bonds. The number of carbonyl (C=O) groups is 1. The smallest absolute Gasteiger partial charge is 0.316 e. The summed E-state index contributed by atoms with van der Waals surface area (Å²) in [7, 11) is 1.41. The second-order valence-corrected chi connectivity index (χ2v) is 5.99. The number of rotatable bonds is 6. The molecule has 0 aromatic heterocycles. The van der Waals surface area contributed by atoms with Gasteiger partial charge in [0, 0.05) is 12.1 Å². The van der Waals surface area contributed by atoms with Crippen LogP contribution in [-0.2, 0) is 6.42 Å². The van der Waals surface area contributed by atoms with Gasteiger partial charge in [-0.05, 0) is 53.6 Å². The molecule has 5 nitrogen and oxygen atoms in total. The molecule has 0 aliphatic carbocycles. The van der Waals surface area contributed by atoms with E-state index in [0.717, 1.165) is 5.56 Å². The molecule has 0 fully saturated rings. The van der Waals surface area contributed by atoms with Gasteiger partial charge in [0.1, 0.15) is 11.6 Å². The summed E-state index contributed by atoms with van der Waals surface area (Å²) in [6, 6.07) is 14.7. The molecule has 0 aliphatic rings. The lowest BCUT2D eigenvalue weighted by molar-refractivity contribution is 0.259. The van der Waals surface area contributed by atoms with Crippen molar-refractivity contribution in [3.63, 3.8) is 0 Å². The number of methoxy groups -OCH3 is 1. The van der Waals surface area contributed by atoms with Crippen LogP contribution in [0.5, 0.6) is 17.2 Å². The monoisotopic (exact) mass is 384 g/mol. The molecule has 144 valence electrons. The standard InChI is InChI=1S/C21H18F2N2O3/c1-27-18-11-4-14(12-13-2-7-16(8-3-13)25-21(24)26)19(23)20(18)28-17-9-5-15(22)6-10-17/h2-11H,12H2,1H3,(H3,24,25,26). The third-order valence-electron chi connectivity index (χ3n) is 4.01. The lowest BCUT2D eigenvalue weighted by Gasteiger charge is -2.14. The maximum absolute atomic E-state index is 15.1. The van der Waals surface area contributed by atoms with Crippen molar-refractivity contribution < 1.29 is 23.0 Å². The summed E-state index contributed by atoms with van der Waals surface area (Å²) in [5.74, 6) is -0.534. The molecule has 28 heavy (non-hydrogen) atoms. The van der Waals surface area contributed by atoms with Gasteiger partial charge in [-0.15, -0.1) is 0 Å². The summed E-state index contributed by atoms with van der Waals surface area (Å²) >= 11 is 0. The summed E-state index contributed by atoms with van der Waals surface area (Å²) in [6.45, 7) is 0. The molecule has 0 unspecified atom stereocenters. The molecule has 3 aromatic rings. The number of nitrogens with one attached hydrogen (secondary N) is 1. The van der Waals surface area contributed by atoms with Gasteiger partial charge in [-0.2, -0.15) is 0 Å². The van der Waals surface area contributed by atoms with E-state index in [1.807, 2.05) is 0 Å². The average Bonchev–Trinajstić information content (AvgIpc) is 2.68. The number of carbonyl (C=O) groups excluding carboxylic acids is 1. The third-order valence-corrected chi connectivity index (χ3v) is 4.01. The Kier molecular flexibility index (Phi) is 5.74. The summed E-state index contributed by atoms with van der Waals surface area (Å²) in [4.78, 5) is 10.9. The van der Waals surface area contributed by atoms with Crippen LogP contribution in [0.3, 0.4) is 0 Å². The normalized spacial score (nSPS) is 10.4. The topological polar surface area (TPSA) is 73.6 Å². The molecule has 0 bridgehead atoms. The van der Waals surface area contributed by atoms with E-state index in [1.165, 1.54) is 31.4 Å². The SMILES string of the molecule is COc1ccc(Cc2ccc(NC(N)=O)cc2)c(F)c1Oc1ccc(F)cc1. The van der Waals surface area contributed by atoms with Crippen LogP contribution in [0.15, 0.2) is 60.7 Å².